The number of hydrogen-bond acceptors (Lipinski definition) is 5. The first kappa shape index (κ1) is 15.3. The van der Waals surface area contributed by atoms with Crippen molar-refractivity contribution in [2.24, 2.45) is 0 Å². The predicted octanol–water partition coefficient (Wildman–Crippen LogP) is 1.65. The minimum atomic E-state index is -0.295. The first-order chi connectivity index (χ1) is 11.0. The zero-order chi connectivity index (χ0) is 16.6. The summed E-state index contributed by atoms with van der Waals surface area (Å²) in [4.78, 5) is 21.6. The smallest absolute Gasteiger partial charge is 0.272 e. The number of aromatic nitrogens is 4. The second-order valence-electron chi connectivity index (χ2n) is 5.55. The van der Waals surface area contributed by atoms with Gasteiger partial charge in [0.15, 0.2) is 0 Å². The van der Waals surface area contributed by atoms with Gasteiger partial charge in [-0.2, -0.15) is 5.10 Å². The number of aliphatic hydroxyl groups is 1. The Labute approximate surface area is 133 Å². The van der Waals surface area contributed by atoms with E-state index in [4.69, 9.17) is 0 Å². The number of benzene rings is 1. The molecule has 0 aliphatic heterocycles. The zero-order valence-corrected chi connectivity index (χ0v) is 13.4. The molecule has 23 heavy (non-hydrogen) atoms. The third kappa shape index (κ3) is 2.73. The Bertz CT molecular complexity index is 947. The summed E-state index contributed by atoms with van der Waals surface area (Å²) in [5.41, 5.74) is 4.62. The third-order valence-corrected chi connectivity index (χ3v) is 4.06. The Morgan fingerprint density at radius 1 is 1.04 bits per heavy atom. The van der Waals surface area contributed by atoms with Gasteiger partial charge < -0.3 is 5.11 Å². The van der Waals surface area contributed by atoms with Crippen molar-refractivity contribution in [1.82, 2.24) is 19.7 Å². The van der Waals surface area contributed by atoms with Gasteiger partial charge in [0, 0.05) is 5.56 Å². The lowest BCUT2D eigenvalue weighted by Crippen LogP contribution is -2.29. The molecule has 0 saturated heterocycles. The number of para-hydroxylation sites is 2. The van der Waals surface area contributed by atoms with Gasteiger partial charge in [0.1, 0.15) is 0 Å². The van der Waals surface area contributed by atoms with Crippen LogP contribution < -0.4 is 5.56 Å². The highest BCUT2D eigenvalue weighted by molar-refractivity contribution is 5.74. The van der Waals surface area contributed by atoms with E-state index in [1.807, 2.05) is 38.1 Å². The van der Waals surface area contributed by atoms with E-state index in [1.54, 1.807) is 6.92 Å². The molecule has 2 heterocycles. The predicted molar refractivity (Wildman–Crippen MR) is 87.3 cm³/mol. The highest BCUT2D eigenvalue weighted by atomic mass is 16.3. The SMILES string of the molecule is Cc1nc2ccccc2nc1Cn1nc(C)c(C)c(CO)c1=O. The quantitative estimate of drug-likeness (QED) is 0.795. The van der Waals surface area contributed by atoms with Crippen molar-refractivity contribution in [3.63, 3.8) is 0 Å². The normalized spacial score (nSPS) is 11.1. The first-order valence-electron chi connectivity index (χ1n) is 7.41. The summed E-state index contributed by atoms with van der Waals surface area (Å²) in [6.45, 7) is 5.42. The molecule has 6 heteroatoms. The molecular formula is C17H18N4O2. The summed E-state index contributed by atoms with van der Waals surface area (Å²) in [6, 6.07) is 7.62. The van der Waals surface area contributed by atoms with E-state index in [0.717, 1.165) is 28.0 Å². The van der Waals surface area contributed by atoms with Crippen LogP contribution in [0.25, 0.3) is 11.0 Å². The maximum Gasteiger partial charge on any atom is 0.272 e. The molecule has 0 bridgehead atoms. The van der Waals surface area contributed by atoms with Gasteiger partial charge in [-0.05, 0) is 38.5 Å². The number of aryl methyl sites for hydroxylation is 2. The molecule has 0 amide bonds. The van der Waals surface area contributed by atoms with E-state index in [0.29, 0.717) is 11.3 Å². The van der Waals surface area contributed by atoms with Gasteiger partial charge >= 0.3 is 0 Å². The second-order valence-corrected chi connectivity index (χ2v) is 5.55. The maximum absolute atomic E-state index is 12.4. The van der Waals surface area contributed by atoms with Crippen LogP contribution in [0.5, 0.6) is 0 Å². The summed E-state index contributed by atoms with van der Waals surface area (Å²) in [6.07, 6.45) is 0. The van der Waals surface area contributed by atoms with E-state index in [9.17, 15) is 9.90 Å². The summed E-state index contributed by atoms with van der Waals surface area (Å²) in [5, 5.41) is 13.8. The average Bonchev–Trinajstić information content (AvgIpc) is 2.54. The largest absolute Gasteiger partial charge is 0.391 e. The van der Waals surface area contributed by atoms with Crippen LogP contribution in [-0.4, -0.2) is 24.9 Å². The average molecular weight is 310 g/mol. The van der Waals surface area contributed by atoms with E-state index in [2.05, 4.69) is 15.1 Å². The standard InChI is InChI=1S/C17H18N4O2/c1-10-11(2)20-21(17(23)13(10)9-22)8-16-12(3)18-14-6-4-5-7-15(14)19-16/h4-7,22H,8-9H2,1-3H3. The Morgan fingerprint density at radius 3 is 2.35 bits per heavy atom. The molecule has 3 aromatic rings. The summed E-state index contributed by atoms with van der Waals surface area (Å²) >= 11 is 0. The second kappa shape index (κ2) is 5.89. The van der Waals surface area contributed by atoms with Crippen molar-refractivity contribution >= 4 is 11.0 Å². The molecule has 0 radical (unpaired) electrons. The fraction of sp³-hybridized carbons (Fsp3) is 0.294. The van der Waals surface area contributed by atoms with Crippen LogP contribution in [0.2, 0.25) is 0 Å². The van der Waals surface area contributed by atoms with Crippen molar-refractivity contribution in [2.45, 2.75) is 33.9 Å². The number of rotatable bonds is 3. The van der Waals surface area contributed by atoms with Crippen molar-refractivity contribution in [1.29, 1.82) is 0 Å². The monoisotopic (exact) mass is 310 g/mol. The Kier molecular flexibility index (Phi) is 3.92. The van der Waals surface area contributed by atoms with Crippen molar-refractivity contribution in [3.05, 3.63) is 62.8 Å². The van der Waals surface area contributed by atoms with Crippen LogP contribution >= 0.6 is 0 Å². The van der Waals surface area contributed by atoms with Crippen LogP contribution in [0, 0.1) is 20.8 Å². The summed E-state index contributed by atoms with van der Waals surface area (Å²) in [5.74, 6) is 0. The Hall–Kier alpha value is -2.60. The number of nitrogens with zero attached hydrogens (tertiary/aromatic N) is 4. The molecule has 0 atom stereocenters. The van der Waals surface area contributed by atoms with Gasteiger partial charge in [-0.1, -0.05) is 12.1 Å². The summed E-state index contributed by atoms with van der Waals surface area (Å²) < 4.78 is 1.35. The van der Waals surface area contributed by atoms with Crippen molar-refractivity contribution in [2.75, 3.05) is 0 Å². The molecule has 0 aliphatic rings. The van der Waals surface area contributed by atoms with E-state index >= 15 is 0 Å². The highest BCUT2D eigenvalue weighted by Gasteiger charge is 2.13. The van der Waals surface area contributed by atoms with Gasteiger partial charge in [0.2, 0.25) is 0 Å². The van der Waals surface area contributed by atoms with Crippen molar-refractivity contribution < 1.29 is 5.11 Å². The molecule has 6 nitrogen and oxygen atoms in total. The molecule has 3 rings (SSSR count). The van der Waals surface area contributed by atoms with E-state index < -0.39 is 0 Å². The highest BCUT2D eigenvalue weighted by Crippen LogP contribution is 2.13. The molecular weight excluding hydrogens is 292 g/mol. The minimum absolute atomic E-state index is 0.233. The molecule has 0 fully saturated rings. The van der Waals surface area contributed by atoms with E-state index in [-0.39, 0.29) is 18.7 Å². The van der Waals surface area contributed by atoms with Gasteiger partial charge in [0.05, 0.1) is 41.3 Å². The number of fused-ring (bicyclic) bond motifs is 1. The fourth-order valence-electron chi connectivity index (χ4n) is 2.55. The number of hydrogen-bond donors (Lipinski definition) is 1. The summed E-state index contributed by atoms with van der Waals surface area (Å²) in [7, 11) is 0. The van der Waals surface area contributed by atoms with Gasteiger partial charge in [-0.3, -0.25) is 4.79 Å². The fourth-order valence-corrected chi connectivity index (χ4v) is 2.55. The lowest BCUT2D eigenvalue weighted by atomic mass is 10.1. The molecule has 0 unspecified atom stereocenters. The van der Waals surface area contributed by atoms with Crippen LogP contribution in [0.15, 0.2) is 29.1 Å². The van der Waals surface area contributed by atoms with E-state index in [1.165, 1.54) is 4.68 Å². The lowest BCUT2D eigenvalue weighted by molar-refractivity contribution is 0.277. The molecule has 1 N–H and O–H groups in total. The molecule has 0 spiro atoms. The maximum atomic E-state index is 12.4. The molecule has 0 aliphatic carbocycles. The lowest BCUT2D eigenvalue weighted by Gasteiger charge is -2.12. The molecule has 0 saturated carbocycles. The number of aliphatic hydroxyl groups excluding tert-OH is 1. The Morgan fingerprint density at radius 2 is 1.70 bits per heavy atom. The first-order valence-corrected chi connectivity index (χ1v) is 7.41. The van der Waals surface area contributed by atoms with Crippen LogP contribution in [0.4, 0.5) is 0 Å². The van der Waals surface area contributed by atoms with Crippen LogP contribution in [0.1, 0.15) is 28.2 Å². The van der Waals surface area contributed by atoms with Crippen LogP contribution in [0.3, 0.4) is 0 Å². The van der Waals surface area contributed by atoms with Gasteiger partial charge in [0.25, 0.3) is 5.56 Å². The van der Waals surface area contributed by atoms with Gasteiger partial charge in [-0.15, -0.1) is 0 Å². The molecule has 2 aromatic heterocycles. The third-order valence-electron chi connectivity index (χ3n) is 4.06. The molecule has 1 aromatic carbocycles. The Balaban J connectivity index is 2.11. The van der Waals surface area contributed by atoms with Crippen molar-refractivity contribution in [3.8, 4) is 0 Å². The van der Waals surface area contributed by atoms with Crippen LogP contribution in [-0.2, 0) is 13.2 Å². The molecule has 118 valence electrons. The minimum Gasteiger partial charge on any atom is -0.391 e. The topological polar surface area (TPSA) is 80.9 Å². The van der Waals surface area contributed by atoms with Gasteiger partial charge in [-0.25, -0.2) is 14.6 Å². The zero-order valence-electron chi connectivity index (χ0n) is 13.4.